The Morgan fingerprint density at radius 2 is 0.818 bits per heavy atom. The minimum absolute atomic E-state index is 0.120. The standard InChI is InChI=1S/C77H135NO10/c1-4-7-10-13-16-19-22-25-27-29-31-33-35-36-37-39-41-43-45-47-50-53-56-59-62-65-72(82)88-75-74(84)73(83)71(66-79)87-77(75)86-67-68(69(80)63-60-57-54-51-48-24-21-18-15-12-9-6-3)78-76(85)70(81)64-61-58-55-52-49-46-44-42-40-38-34-32-30-28-26-23-20-17-14-11-8-5-2/h8,11,16-17,19-20,25-28,32,34,40,42,60,63,68-71,73-75,77,79-81,83-84H,4-7,9-10,12-15,18,21-24,29-31,33,35-39,41,43-59,61-62,64-67H2,1-3H3,(H,78,85)/b11-8-,19-16-,20-17-,27-25-,28-26-,34-32-,42-40-,63-60+. The Morgan fingerprint density at radius 3 is 1.25 bits per heavy atom. The molecular formula is C77H135NO10. The number of unbranched alkanes of at least 4 members (excludes halogenated alkanes) is 34. The van der Waals surface area contributed by atoms with E-state index in [-0.39, 0.29) is 19.4 Å². The second kappa shape index (κ2) is 63.7. The summed E-state index contributed by atoms with van der Waals surface area (Å²) in [5.41, 5.74) is 0. The van der Waals surface area contributed by atoms with E-state index < -0.39 is 67.4 Å². The van der Waals surface area contributed by atoms with E-state index in [9.17, 15) is 35.1 Å². The molecule has 0 aromatic carbocycles. The van der Waals surface area contributed by atoms with Crippen LogP contribution in [0.25, 0.3) is 0 Å². The van der Waals surface area contributed by atoms with Crippen molar-refractivity contribution in [2.45, 2.75) is 365 Å². The van der Waals surface area contributed by atoms with Crippen molar-refractivity contribution >= 4 is 11.9 Å². The Balaban J connectivity index is 2.56. The maximum Gasteiger partial charge on any atom is 0.306 e. The molecule has 8 atom stereocenters. The maximum atomic E-state index is 13.5. The summed E-state index contributed by atoms with van der Waals surface area (Å²) in [6.45, 7) is 5.67. The van der Waals surface area contributed by atoms with Crippen LogP contribution in [0.1, 0.15) is 316 Å². The van der Waals surface area contributed by atoms with Gasteiger partial charge in [0.1, 0.15) is 24.4 Å². The minimum Gasteiger partial charge on any atom is -0.454 e. The number of allylic oxidation sites excluding steroid dienone is 15. The summed E-state index contributed by atoms with van der Waals surface area (Å²) in [4.78, 5) is 26.7. The van der Waals surface area contributed by atoms with E-state index in [1.165, 1.54) is 154 Å². The third-order valence-electron chi connectivity index (χ3n) is 16.7. The molecule has 0 aromatic heterocycles. The number of ether oxygens (including phenoxy) is 3. The fraction of sp³-hybridized carbons (Fsp3) is 0.766. The number of carbonyl (C=O) groups excluding carboxylic acids is 2. The van der Waals surface area contributed by atoms with Gasteiger partial charge in [0.2, 0.25) is 5.91 Å². The highest BCUT2D eigenvalue weighted by Crippen LogP contribution is 2.26. The van der Waals surface area contributed by atoms with Gasteiger partial charge in [0.15, 0.2) is 12.4 Å². The van der Waals surface area contributed by atoms with Gasteiger partial charge in [-0.25, -0.2) is 0 Å². The monoisotopic (exact) mass is 1230 g/mol. The summed E-state index contributed by atoms with van der Waals surface area (Å²) >= 11 is 0. The van der Waals surface area contributed by atoms with E-state index in [4.69, 9.17) is 14.2 Å². The lowest BCUT2D eigenvalue weighted by molar-refractivity contribution is -0.305. The highest BCUT2D eigenvalue weighted by atomic mass is 16.7. The van der Waals surface area contributed by atoms with Crippen molar-refractivity contribution in [1.82, 2.24) is 5.32 Å². The van der Waals surface area contributed by atoms with E-state index in [2.05, 4.69) is 111 Å². The first kappa shape index (κ1) is 82.6. The first-order valence-corrected chi connectivity index (χ1v) is 36.5. The molecule has 0 saturated carbocycles. The quantitative estimate of drug-likeness (QED) is 0.0195. The smallest absolute Gasteiger partial charge is 0.306 e. The number of aliphatic hydroxyl groups is 5. The van der Waals surface area contributed by atoms with Crippen LogP contribution in [-0.4, -0.2) is 99.6 Å². The van der Waals surface area contributed by atoms with Crippen LogP contribution in [0.4, 0.5) is 0 Å². The van der Waals surface area contributed by atoms with Gasteiger partial charge in [-0.05, 0) is 103 Å². The molecule has 1 saturated heterocycles. The maximum absolute atomic E-state index is 13.5. The van der Waals surface area contributed by atoms with Gasteiger partial charge in [0.05, 0.1) is 25.4 Å². The van der Waals surface area contributed by atoms with Crippen molar-refractivity contribution in [2.75, 3.05) is 13.2 Å². The van der Waals surface area contributed by atoms with Crippen LogP contribution in [0.3, 0.4) is 0 Å². The number of rotatable bonds is 62. The molecule has 6 N–H and O–H groups in total. The zero-order valence-corrected chi connectivity index (χ0v) is 56.6. The number of hydrogen-bond acceptors (Lipinski definition) is 10. The summed E-state index contributed by atoms with van der Waals surface area (Å²) in [5, 5.41) is 57.3. The first-order valence-electron chi connectivity index (χ1n) is 36.5. The average Bonchev–Trinajstić information content (AvgIpc) is 2.54. The Labute approximate surface area is 539 Å². The van der Waals surface area contributed by atoms with E-state index in [1.54, 1.807) is 6.08 Å². The summed E-state index contributed by atoms with van der Waals surface area (Å²) in [5.74, 6) is -1.20. The fourth-order valence-electron chi connectivity index (χ4n) is 11.0. The molecule has 1 amide bonds. The highest BCUT2D eigenvalue weighted by molar-refractivity contribution is 5.80. The fourth-order valence-corrected chi connectivity index (χ4v) is 11.0. The zero-order valence-electron chi connectivity index (χ0n) is 56.6. The van der Waals surface area contributed by atoms with Gasteiger partial charge >= 0.3 is 5.97 Å². The lowest BCUT2D eigenvalue weighted by atomic mass is 9.99. The molecule has 508 valence electrons. The minimum atomic E-state index is -1.62. The topological polar surface area (TPSA) is 175 Å². The van der Waals surface area contributed by atoms with Crippen molar-refractivity contribution in [2.24, 2.45) is 0 Å². The molecule has 0 radical (unpaired) electrons. The first-order chi connectivity index (χ1) is 43.2. The lowest BCUT2D eigenvalue weighted by Gasteiger charge is -2.41. The van der Waals surface area contributed by atoms with Crippen LogP contribution < -0.4 is 5.32 Å². The third kappa shape index (κ3) is 50.3. The molecule has 1 rings (SSSR count). The molecule has 1 heterocycles. The molecule has 1 aliphatic heterocycles. The molecule has 0 spiro atoms. The predicted molar refractivity (Wildman–Crippen MR) is 370 cm³/mol. The molecular weight excluding hydrogens is 1100 g/mol. The summed E-state index contributed by atoms with van der Waals surface area (Å²) in [6.07, 6.45) is 75.9. The van der Waals surface area contributed by atoms with Crippen molar-refractivity contribution < 1.29 is 49.3 Å². The SMILES string of the molecule is CC/C=C\C/C=C\C/C=C\C/C=C\C/C=C\CCCCCCCCC(O)C(=O)NC(COC1OC(CO)C(O)C(O)C1OC(=O)CCCCCCCCCCCCCCCCC/C=C\C/C=C\CCCCC)C(O)/C=C/CCCCCCCCCCCC. The Bertz CT molecular complexity index is 1800. The van der Waals surface area contributed by atoms with Gasteiger partial charge in [-0.2, -0.15) is 0 Å². The van der Waals surface area contributed by atoms with E-state index in [0.717, 1.165) is 116 Å². The molecule has 1 fully saturated rings. The molecule has 0 aliphatic carbocycles. The van der Waals surface area contributed by atoms with Crippen LogP contribution >= 0.6 is 0 Å². The number of esters is 1. The van der Waals surface area contributed by atoms with E-state index in [1.807, 2.05) is 6.08 Å². The van der Waals surface area contributed by atoms with Gasteiger partial charge in [0.25, 0.3) is 0 Å². The van der Waals surface area contributed by atoms with Crippen LogP contribution in [0.2, 0.25) is 0 Å². The molecule has 11 heteroatoms. The number of hydrogen-bond donors (Lipinski definition) is 6. The molecule has 88 heavy (non-hydrogen) atoms. The summed E-state index contributed by atoms with van der Waals surface area (Å²) < 4.78 is 17.7. The van der Waals surface area contributed by atoms with Crippen molar-refractivity contribution in [3.63, 3.8) is 0 Å². The van der Waals surface area contributed by atoms with Gasteiger partial charge in [-0.15, -0.1) is 0 Å². The van der Waals surface area contributed by atoms with Crippen LogP contribution in [0.5, 0.6) is 0 Å². The molecule has 1 aliphatic rings. The zero-order chi connectivity index (χ0) is 63.9. The summed E-state index contributed by atoms with van der Waals surface area (Å²) in [6, 6.07) is -1.04. The third-order valence-corrected chi connectivity index (χ3v) is 16.7. The van der Waals surface area contributed by atoms with Gasteiger partial charge < -0.3 is 45.1 Å². The van der Waals surface area contributed by atoms with Gasteiger partial charge in [0, 0.05) is 6.42 Å². The molecule has 8 unspecified atom stereocenters. The van der Waals surface area contributed by atoms with E-state index in [0.29, 0.717) is 12.8 Å². The lowest BCUT2D eigenvalue weighted by Crippen LogP contribution is -2.61. The van der Waals surface area contributed by atoms with E-state index >= 15 is 0 Å². The number of nitrogens with one attached hydrogen (secondary N) is 1. The van der Waals surface area contributed by atoms with Crippen molar-refractivity contribution in [3.8, 4) is 0 Å². The van der Waals surface area contributed by atoms with Crippen LogP contribution in [0.15, 0.2) is 97.2 Å². The number of carbonyl (C=O) groups is 2. The van der Waals surface area contributed by atoms with Gasteiger partial charge in [-0.1, -0.05) is 304 Å². The second-order valence-electron chi connectivity index (χ2n) is 24.9. The number of amides is 1. The Hall–Kier alpha value is -3.42. The Morgan fingerprint density at radius 1 is 0.455 bits per heavy atom. The van der Waals surface area contributed by atoms with Gasteiger partial charge in [-0.3, -0.25) is 9.59 Å². The predicted octanol–water partition coefficient (Wildman–Crippen LogP) is 19.0. The normalized spacial score (nSPS) is 18.8. The summed E-state index contributed by atoms with van der Waals surface area (Å²) in [7, 11) is 0. The number of aliphatic hydroxyl groups excluding tert-OH is 5. The molecule has 11 nitrogen and oxygen atoms in total. The van der Waals surface area contributed by atoms with Crippen LogP contribution in [-0.2, 0) is 23.8 Å². The van der Waals surface area contributed by atoms with Crippen molar-refractivity contribution in [3.05, 3.63) is 97.2 Å². The Kier molecular flexibility index (Phi) is 59.8. The average molecular weight is 1230 g/mol. The largest absolute Gasteiger partial charge is 0.454 e. The molecule has 0 bridgehead atoms. The van der Waals surface area contributed by atoms with Crippen molar-refractivity contribution in [1.29, 1.82) is 0 Å². The second-order valence-corrected chi connectivity index (χ2v) is 24.9. The highest BCUT2D eigenvalue weighted by Gasteiger charge is 2.47. The van der Waals surface area contributed by atoms with Crippen LogP contribution in [0, 0.1) is 0 Å². The molecule has 0 aromatic rings.